The third-order valence-electron chi connectivity index (χ3n) is 14.0. The molecule has 0 aliphatic rings. The number of rotatable bonds is 37. The van der Waals surface area contributed by atoms with Crippen LogP contribution in [0.5, 0.6) is 23.0 Å². The minimum atomic E-state index is -1.87. The number of nitrogens with one attached hydrogen (secondary N) is 9. The number of carbonyl (C=O) groups excluding carboxylic acids is 9. The van der Waals surface area contributed by atoms with Gasteiger partial charge in [0.1, 0.15) is 77.4 Å². The molecular formula is C60H82N16O17. The molecule has 93 heavy (non-hydrogen) atoms. The van der Waals surface area contributed by atoms with Gasteiger partial charge in [0, 0.05) is 38.8 Å². The Kier molecular flexibility index (Phi) is 30.0. The lowest BCUT2D eigenvalue weighted by Gasteiger charge is -2.28. The number of phenols is 4. The second-order valence-electron chi connectivity index (χ2n) is 21.5. The topological polar surface area (TPSA) is 575 Å². The Hall–Kier alpha value is -10.8. The highest BCUT2D eigenvalue weighted by atomic mass is 16.4. The maximum atomic E-state index is 14.4. The number of nitrogens with two attached hydrogens (primary N) is 5. The Bertz CT molecular complexity index is 3240. The molecule has 0 saturated carbocycles. The first-order chi connectivity index (χ1) is 44.0. The minimum absolute atomic E-state index is 0.00582. The first-order valence-electron chi connectivity index (χ1n) is 29.2. The normalized spacial score (nSPS) is 14.1. The van der Waals surface area contributed by atoms with Gasteiger partial charge in [0.2, 0.25) is 53.2 Å². The van der Waals surface area contributed by atoms with Crippen molar-refractivity contribution >= 4 is 71.1 Å². The van der Waals surface area contributed by atoms with Crippen LogP contribution in [0.4, 0.5) is 0 Å². The van der Waals surface area contributed by atoms with Crippen molar-refractivity contribution in [3.8, 4) is 23.0 Å². The average Bonchev–Trinajstić information content (AvgIpc) is 1.03. The van der Waals surface area contributed by atoms with E-state index in [4.69, 9.17) is 28.7 Å². The van der Waals surface area contributed by atoms with Crippen LogP contribution >= 0.6 is 0 Å². The number of phenolic OH excluding ortho intramolecular Hbond substituents is 4. The van der Waals surface area contributed by atoms with Crippen molar-refractivity contribution in [1.82, 2.24) is 47.9 Å². The molecule has 33 heteroatoms. The number of nitrogens with zero attached hydrogens (tertiary/aromatic N) is 2. The Labute approximate surface area is 533 Å². The van der Waals surface area contributed by atoms with Crippen molar-refractivity contribution in [3.05, 3.63) is 119 Å². The molecule has 0 radical (unpaired) electrons. The maximum Gasteiger partial charge on any atom is 0.326 e. The highest BCUT2D eigenvalue weighted by Gasteiger charge is 2.36. The van der Waals surface area contributed by atoms with Crippen LogP contribution < -0.4 is 76.5 Å². The van der Waals surface area contributed by atoms with E-state index in [0.29, 0.717) is 22.3 Å². The van der Waals surface area contributed by atoms with Crippen LogP contribution in [-0.2, 0) is 73.6 Å². The van der Waals surface area contributed by atoms with Gasteiger partial charge in [0.25, 0.3) is 0 Å². The summed E-state index contributed by atoms with van der Waals surface area (Å²) in [5, 5.41) is 93.1. The standard InChI is InChI=1S/C60H82N16O17/c1-31(50(84)71-43(25-33-7-15-37(79)16-8-33)53(87)72-44(26-34-9-17-38(80)18-10-34)52(86)70-42(58(92)93)6-4-24-67-60(64)65)68-51(85)41(5-3-23-66-59(62)63)69-56(90)47(30-77)75-55(89)45(27-35-11-19-39(81)20-12-35)73-54(88)46(28-36-13-21-40(82)22-14-36)74-57(91)49(32(2)78)76-48(83)29-61/h7-22,31-32,41-47,49,77-82H,3-6,23-30,61H2,1-2H3,(H,68,85)(H,69,90)(H,70,86)(H,71,84)(H,72,87)(H,73,88)(H,74,91)(H,75,89)(H,76,83)(H,92,93)(H4,62,63,66)(H4,64,65,67)/t31-,32+,41-,42-,43-,44-,45-,46-,47-,49-/m0/s1. The van der Waals surface area contributed by atoms with Gasteiger partial charge < -0.3 is 112 Å². The minimum Gasteiger partial charge on any atom is -0.508 e. The third kappa shape index (κ3) is 26.3. The number of benzene rings is 4. The average molecular weight is 1300 g/mol. The Morgan fingerprint density at radius 3 is 1.02 bits per heavy atom. The molecule has 0 bridgehead atoms. The third-order valence-corrected chi connectivity index (χ3v) is 14.0. The Balaban J connectivity index is 1.61. The molecule has 0 aliphatic carbocycles. The van der Waals surface area contributed by atoms with E-state index in [2.05, 4.69) is 57.8 Å². The zero-order chi connectivity index (χ0) is 68.9. The van der Waals surface area contributed by atoms with Crippen LogP contribution in [0.1, 0.15) is 61.8 Å². The summed E-state index contributed by atoms with van der Waals surface area (Å²) in [6.45, 7) is 0.716. The summed E-state index contributed by atoms with van der Waals surface area (Å²) in [5.41, 5.74) is 28.7. The summed E-state index contributed by atoms with van der Waals surface area (Å²) < 4.78 is 0. The lowest BCUT2D eigenvalue weighted by molar-refractivity contribution is -0.142. The van der Waals surface area contributed by atoms with Gasteiger partial charge >= 0.3 is 5.97 Å². The monoisotopic (exact) mass is 1300 g/mol. The van der Waals surface area contributed by atoms with E-state index in [1.165, 1.54) is 111 Å². The highest BCUT2D eigenvalue weighted by molar-refractivity contribution is 5.99. The predicted octanol–water partition coefficient (Wildman–Crippen LogP) is -5.31. The van der Waals surface area contributed by atoms with Gasteiger partial charge in [-0.25, -0.2) is 4.79 Å². The van der Waals surface area contributed by atoms with Crippen molar-refractivity contribution in [2.24, 2.45) is 38.7 Å². The molecule has 0 heterocycles. The number of aliphatic imine (C=N–C) groups is 2. The van der Waals surface area contributed by atoms with Gasteiger partial charge in [-0.05, 0) is 110 Å². The van der Waals surface area contributed by atoms with Crippen molar-refractivity contribution in [2.45, 2.75) is 126 Å². The summed E-state index contributed by atoms with van der Waals surface area (Å²) in [7, 11) is 0. The second kappa shape index (κ2) is 37.4. The smallest absolute Gasteiger partial charge is 0.326 e. The number of guanidine groups is 2. The molecular weight excluding hydrogens is 1220 g/mol. The number of aliphatic carboxylic acids is 1. The summed E-state index contributed by atoms with van der Waals surface area (Å²) in [6.07, 6.45) is -2.92. The van der Waals surface area contributed by atoms with Gasteiger partial charge in [0.15, 0.2) is 11.9 Å². The SMILES string of the molecule is C[C@H](NC(=O)[C@H](CCCN=C(N)N)NC(=O)[C@H](CO)NC(=O)[C@H](Cc1ccc(O)cc1)NC(=O)[C@H](Cc1ccc(O)cc1)NC(=O)[C@@H](NC(=O)CN)[C@@H](C)O)C(=O)N[C@@H](Cc1ccc(O)cc1)C(=O)N[C@@H](Cc1ccc(O)cc1)C(=O)N[C@@H](CCCN=C(N)N)C(=O)O. The number of carboxylic acids is 1. The van der Waals surface area contributed by atoms with Crippen LogP contribution in [0.2, 0.25) is 0 Å². The molecule has 0 saturated heterocycles. The van der Waals surface area contributed by atoms with E-state index in [0.717, 1.165) is 0 Å². The fourth-order valence-corrected chi connectivity index (χ4v) is 8.97. The molecule has 0 aromatic heterocycles. The fourth-order valence-electron chi connectivity index (χ4n) is 8.97. The number of carbonyl (C=O) groups is 10. The first-order valence-corrected chi connectivity index (χ1v) is 29.2. The molecule has 0 fully saturated rings. The summed E-state index contributed by atoms with van der Waals surface area (Å²) >= 11 is 0. The Morgan fingerprint density at radius 1 is 0.409 bits per heavy atom. The van der Waals surface area contributed by atoms with Crippen molar-refractivity contribution < 1.29 is 83.7 Å². The first kappa shape index (κ1) is 74.7. The van der Waals surface area contributed by atoms with Crippen LogP contribution in [-0.4, -0.2) is 194 Å². The van der Waals surface area contributed by atoms with Gasteiger partial charge in [-0.2, -0.15) is 0 Å². The zero-order valence-electron chi connectivity index (χ0n) is 51.0. The van der Waals surface area contributed by atoms with Gasteiger partial charge in [-0.1, -0.05) is 48.5 Å². The molecule has 504 valence electrons. The number of aromatic hydroxyl groups is 4. The Morgan fingerprint density at radius 2 is 0.699 bits per heavy atom. The molecule has 4 aromatic carbocycles. The molecule has 4 rings (SSSR count). The number of aliphatic hydroxyl groups is 2. The molecule has 33 nitrogen and oxygen atoms in total. The molecule has 9 amide bonds. The number of amides is 9. The van der Waals surface area contributed by atoms with Crippen molar-refractivity contribution in [3.63, 3.8) is 0 Å². The number of carboxylic acid groups (broad SMARTS) is 1. The lowest BCUT2D eigenvalue weighted by Crippen LogP contribution is -2.61. The van der Waals surface area contributed by atoms with Gasteiger partial charge in [0.05, 0.1) is 19.3 Å². The molecule has 0 unspecified atom stereocenters. The van der Waals surface area contributed by atoms with E-state index in [1.807, 2.05) is 0 Å². The zero-order valence-corrected chi connectivity index (χ0v) is 51.0. The van der Waals surface area contributed by atoms with Crippen LogP contribution in [0.25, 0.3) is 0 Å². The second-order valence-corrected chi connectivity index (χ2v) is 21.5. The largest absolute Gasteiger partial charge is 0.508 e. The quantitative estimate of drug-likeness (QED) is 0.0114. The van der Waals surface area contributed by atoms with Gasteiger partial charge in [-0.15, -0.1) is 0 Å². The number of aliphatic hydroxyl groups excluding tert-OH is 2. The molecule has 0 spiro atoms. The van der Waals surface area contributed by atoms with Crippen molar-refractivity contribution in [1.29, 1.82) is 0 Å². The molecule has 0 aliphatic heterocycles. The van der Waals surface area contributed by atoms with E-state index < -0.39 is 133 Å². The van der Waals surface area contributed by atoms with E-state index in [9.17, 15) is 83.7 Å². The molecule has 26 N–H and O–H groups in total. The molecule has 4 aromatic rings. The summed E-state index contributed by atoms with van der Waals surface area (Å²) in [5.74, 6) is -11.6. The maximum absolute atomic E-state index is 14.4. The fraction of sp³-hybridized carbons (Fsp3) is 0.400. The van der Waals surface area contributed by atoms with Crippen LogP contribution in [0, 0.1) is 0 Å². The summed E-state index contributed by atoms with van der Waals surface area (Å²) in [4.78, 5) is 146. The van der Waals surface area contributed by atoms with Gasteiger partial charge in [-0.3, -0.25) is 53.1 Å². The van der Waals surface area contributed by atoms with Crippen molar-refractivity contribution in [2.75, 3.05) is 26.2 Å². The van der Waals surface area contributed by atoms with E-state index in [1.54, 1.807) is 0 Å². The molecule has 10 atom stereocenters. The highest BCUT2D eigenvalue weighted by Crippen LogP contribution is 2.17. The predicted molar refractivity (Wildman–Crippen MR) is 336 cm³/mol. The van der Waals surface area contributed by atoms with E-state index in [-0.39, 0.29) is 99.4 Å². The summed E-state index contributed by atoms with van der Waals surface area (Å²) in [6, 6.07) is 7.62. The van der Waals surface area contributed by atoms with Crippen LogP contribution in [0.15, 0.2) is 107 Å². The number of hydrogen-bond donors (Lipinski definition) is 21. The number of hydrogen-bond acceptors (Lipinski definition) is 19. The van der Waals surface area contributed by atoms with Crippen LogP contribution in [0.3, 0.4) is 0 Å². The lowest BCUT2D eigenvalue weighted by atomic mass is 10.0. The van der Waals surface area contributed by atoms with E-state index >= 15 is 0 Å².